The Labute approximate surface area is 168 Å². The van der Waals surface area contributed by atoms with Gasteiger partial charge in [0.1, 0.15) is 0 Å². The highest BCUT2D eigenvalue weighted by Gasteiger charge is 2.24. The van der Waals surface area contributed by atoms with Gasteiger partial charge in [0.25, 0.3) is 0 Å². The maximum atomic E-state index is 12.4. The number of rotatable bonds is 6. The van der Waals surface area contributed by atoms with Gasteiger partial charge in [-0.05, 0) is 36.9 Å². The highest BCUT2D eigenvalue weighted by atomic mass is 16.2. The Morgan fingerprint density at radius 3 is 2.25 bits per heavy atom. The average molecular weight is 382 g/mol. The summed E-state index contributed by atoms with van der Waals surface area (Å²) in [6, 6.07) is 18.2. The van der Waals surface area contributed by atoms with Crippen LogP contribution in [0, 0.1) is 0 Å². The van der Waals surface area contributed by atoms with Gasteiger partial charge in [0.15, 0.2) is 0 Å². The number of likely N-dealkylation sites (N-methyl/N-ethyl adjacent to an activating group) is 1. The van der Waals surface area contributed by atoms with Crippen molar-refractivity contribution in [3.05, 3.63) is 60.2 Å². The van der Waals surface area contributed by atoms with Crippen LogP contribution in [0.1, 0.15) is 11.6 Å². The van der Waals surface area contributed by atoms with Gasteiger partial charge in [0.2, 0.25) is 0 Å². The standard InChI is InChI=1S/C22H31N5O/c1-25(2)20-11-9-18(10-12-20)21(27-15-13-26(3)14-16-27)17-23-22(28)24-19-7-5-4-6-8-19/h4-12,21H,13-17H2,1-3H3,(H2,23,24,28)/t21-/m0/s1. The van der Waals surface area contributed by atoms with Crippen LogP contribution in [0.25, 0.3) is 0 Å². The lowest BCUT2D eigenvalue weighted by atomic mass is 10.0. The molecule has 6 heteroatoms. The Bertz CT molecular complexity index is 739. The minimum atomic E-state index is -0.171. The number of hydrogen-bond donors (Lipinski definition) is 2. The van der Waals surface area contributed by atoms with Crippen LogP contribution in [-0.4, -0.2) is 69.7 Å². The third-order valence-corrected chi connectivity index (χ3v) is 5.26. The SMILES string of the molecule is CN1CCN([C@@H](CNC(=O)Nc2ccccc2)c2ccc(N(C)C)cc2)CC1. The minimum absolute atomic E-state index is 0.159. The molecule has 1 aliphatic heterocycles. The van der Waals surface area contributed by atoms with E-state index in [0.29, 0.717) is 6.54 Å². The van der Waals surface area contributed by atoms with Crippen LogP contribution in [0.2, 0.25) is 0 Å². The van der Waals surface area contributed by atoms with Crippen molar-refractivity contribution in [2.75, 3.05) is 64.1 Å². The van der Waals surface area contributed by atoms with E-state index >= 15 is 0 Å². The van der Waals surface area contributed by atoms with E-state index in [1.165, 1.54) is 11.3 Å². The third kappa shape index (κ3) is 5.47. The van der Waals surface area contributed by atoms with E-state index in [0.717, 1.165) is 31.9 Å². The van der Waals surface area contributed by atoms with Gasteiger partial charge in [-0.1, -0.05) is 30.3 Å². The number of benzene rings is 2. The zero-order chi connectivity index (χ0) is 19.9. The second-order valence-corrected chi connectivity index (χ2v) is 7.54. The Morgan fingerprint density at radius 1 is 1.00 bits per heavy atom. The van der Waals surface area contributed by atoms with Gasteiger partial charge in [-0.2, -0.15) is 0 Å². The van der Waals surface area contributed by atoms with Crippen molar-refractivity contribution in [1.82, 2.24) is 15.1 Å². The van der Waals surface area contributed by atoms with E-state index in [2.05, 4.69) is 56.6 Å². The van der Waals surface area contributed by atoms with Crippen LogP contribution in [0.4, 0.5) is 16.2 Å². The van der Waals surface area contributed by atoms with Crippen molar-refractivity contribution in [2.24, 2.45) is 0 Å². The number of para-hydroxylation sites is 1. The lowest BCUT2D eigenvalue weighted by Crippen LogP contribution is -2.48. The molecule has 2 N–H and O–H groups in total. The molecule has 6 nitrogen and oxygen atoms in total. The molecule has 0 aliphatic carbocycles. The predicted octanol–water partition coefficient (Wildman–Crippen LogP) is 2.86. The van der Waals surface area contributed by atoms with Crippen LogP contribution in [0.3, 0.4) is 0 Å². The molecule has 0 saturated carbocycles. The minimum Gasteiger partial charge on any atom is -0.378 e. The van der Waals surface area contributed by atoms with Gasteiger partial charge in [-0.25, -0.2) is 4.79 Å². The van der Waals surface area contributed by atoms with Crippen molar-refractivity contribution in [3.63, 3.8) is 0 Å². The molecule has 0 spiro atoms. The summed E-state index contributed by atoms with van der Waals surface area (Å²) in [5, 5.41) is 5.96. The molecular formula is C22H31N5O. The normalized spacial score (nSPS) is 16.4. The summed E-state index contributed by atoms with van der Waals surface area (Å²) < 4.78 is 0. The van der Waals surface area contributed by atoms with E-state index in [9.17, 15) is 4.79 Å². The topological polar surface area (TPSA) is 50.9 Å². The first kappa shape index (κ1) is 20.2. The van der Waals surface area contributed by atoms with E-state index in [1.54, 1.807) is 0 Å². The second kappa shape index (κ2) is 9.57. The number of carbonyl (C=O) groups is 1. The summed E-state index contributed by atoms with van der Waals surface area (Å²) in [4.78, 5) is 19.3. The Balaban J connectivity index is 1.68. The van der Waals surface area contributed by atoms with E-state index in [-0.39, 0.29) is 12.1 Å². The predicted molar refractivity (Wildman–Crippen MR) is 116 cm³/mol. The summed E-state index contributed by atoms with van der Waals surface area (Å²) in [5.74, 6) is 0. The molecule has 28 heavy (non-hydrogen) atoms. The number of nitrogens with zero attached hydrogens (tertiary/aromatic N) is 3. The number of nitrogens with one attached hydrogen (secondary N) is 2. The van der Waals surface area contributed by atoms with Crippen molar-refractivity contribution < 1.29 is 4.79 Å². The van der Waals surface area contributed by atoms with E-state index in [1.807, 2.05) is 44.4 Å². The highest BCUT2D eigenvalue weighted by Crippen LogP contribution is 2.24. The van der Waals surface area contributed by atoms with Crippen molar-refractivity contribution in [1.29, 1.82) is 0 Å². The van der Waals surface area contributed by atoms with Crippen LogP contribution in [0.5, 0.6) is 0 Å². The first-order valence-corrected chi connectivity index (χ1v) is 9.83. The average Bonchev–Trinajstić information content (AvgIpc) is 2.70. The molecule has 2 aromatic rings. The molecule has 0 unspecified atom stereocenters. The monoisotopic (exact) mass is 381 g/mol. The van der Waals surface area contributed by atoms with Crippen molar-refractivity contribution >= 4 is 17.4 Å². The Hall–Kier alpha value is -2.57. The number of anilines is 2. The van der Waals surface area contributed by atoms with Crippen LogP contribution in [-0.2, 0) is 0 Å². The molecule has 150 valence electrons. The smallest absolute Gasteiger partial charge is 0.319 e. The molecule has 1 atom stereocenters. The van der Waals surface area contributed by atoms with Gasteiger partial charge in [-0.3, -0.25) is 4.90 Å². The summed E-state index contributed by atoms with van der Waals surface area (Å²) >= 11 is 0. The highest BCUT2D eigenvalue weighted by molar-refractivity contribution is 5.89. The molecule has 1 fully saturated rings. The lowest BCUT2D eigenvalue weighted by molar-refractivity contribution is 0.111. The van der Waals surface area contributed by atoms with Crippen LogP contribution in [0.15, 0.2) is 54.6 Å². The lowest BCUT2D eigenvalue weighted by Gasteiger charge is -2.38. The third-order valence-electron chi connectivity index (χ3n) is 5.26. The molecule has 0 bridgehead atoms. The molecule has 1 aliphatic rings. The molecule has 2 amide bonds. The van der Waals surface area contributed by atoms with Crippen LogP contribution < -0.4 is 15.5 Å². The summed E-state index contributed by atoms with van der Waals surface area (Å²) in [6.45, 7) is 4.66. The van der Waals surface area contributed by atoms with E-state index < -0.39 is 0 Å². The maximum Gasteiger partial charge on any atom is 0.319 e. The number of amides is 2. The first-order chi connectivity index (χ1) is 13.5. The van der Waals surface area contributed by atoms with Gasteiger partial charge >= 0.3 is 6.03 Å². The number of hydrogen-bond acceptors (Lipinski definition) is 4. The molecule has 0 radical (unpaired) electrons. The van der Waals surface area contributed by atoms with Crippen molar-refractivity contribution in [3.8, 4) is 0 Å². The first-order valence-electron chi connectivity index (χ1n) is 9.83. The molecule has 1 heterocycles. The zero-order valence-electron chi connectivity index (χ0n) is 17.1. The van der Waals surface area contributed by atoms with Gasteiger partial charge < -0.3 is 20.4 Å². The van der Waals surface area contributed by atoms with Crippen molar-refractivity contribution in [2.45, 2.75) is 6.04 Å². The second-order valence-electron chi connectivity index (χ2n) is 7.54. The van der Waals surface area contributed by atoms with Gasteiger partial charge in [-0.15, -0.1) is 0 Å². The van der Waals surface area contributed by atoms with Crippen LogP contribution >= 0.6 is 0 Å². The number of piperazine rings is 1. The molecule has 2 aromatic carbocycles. The Morgan fingerprint density at radius 2 is 1.64 bits per heavy atom. The summed E-state index contributed by atoms with van der Waals surface area (Å²) in [7, 11) is 6.24. The Kier molecular flexibility index (Phi) is 6.90. The van der Waals surface area contributed by atoms with E-state index in [4.69, 9.17) is 0 Å². The number of urea groups is 1. The summed E-state index contributed by atoms with van der Waals surface area (Å²) in [5.41, 5.74) is 3.21. The van der Waals surface area contributed by atoms with Gasteiger partial charge in [0, 0.05) is 58.2 Å². The maximum absolute atomic E-state index is 12.4. The fourth-order valence-corrected chi connectivity index (χ4v) is 3.47. The number of carbonyl (C=O) groups excluding carboxylic acids is 1. The zero-order valence-corrected chi connectivity index (χ0v) is 17.1. The summed E-state index contributed by atoms with van der Waals surface area (Å²) in [6.07, 6.45) is 0. The quantitative estimate of drug-likeness (QED) is 0.808. The molecule has 0 aromatic heterocycles. The fourth-order valence-electron chi connectivity index (χ4n) is 3.47. The molecular weight excluding hydrogens is 350 g/mol. The fraction of sp³-hybridized carbons (Fsp3) is 0.409. The molecule has 1 saturated heterocycles. The van der Waals surface area contributed by atoms with Gasteiger partial charge in [0.05, 0.1) is 6.04 Å². The largest absolute Gasteiger partial charge is 0.378 e. The molecule has 3 rings (SSSR count).